The molecule has 0 saturated heterocycles. The lowest BCUT2D eigenvalue weighted by Crippen LogP contribution is -2.11. The molecule has 2 aromatic rings. The molecule has 1 aromatic carbocycles. The van der Waals surface area contributed by atoms with Crippen molar-refractivity contribution < 1.29 is 8.78 Å². The zero-order valence-electron chi connectivity index (χ0n) is 8.79. The molecule has 0 unspecified atom stereocenters. The number of rotatable bonds is 2. The monoisotopic (exact) mass is 239 g/mol. The van der Waals surface area contributed by atoms with Crippen LogP contribution in [0.5, 0.6) is 0 Å². The Bertz CT molecular complexity index is 495. The molecule has 0 bridgehead atoms. The van der Waals surface area contributed by atoms with E-state index >= 15 is 0 Å². The van der Waals surface area contributed by atoms with Gasteiger partial charge in [0, 0.05) is 25.0 Å². The highest BCUT2D eigenvalue weighted by atomic mass is 32.1. The Hall–Kier alpha value is -1.49. The van der Waals surface area contributed by atoms with Gasteiger partial charge in [-0.1, -0.05) is 0 Å². The maximum atomic E-state index is 13.7. The van der Waals surface area contributed by atoms with E-state index in [9.17, 15) is 8.78 Å². The highest BCUT2D eigenvalue weighted by Crippen LogP contribution is 2.29. The highest BCUT2D eigenvalue weighted by molar-refractivity contribution is 7.07. The molecule has 2 nitrogen and oxygen atoms in total. The molecular weight excluding hydrogens is 230 g/mol. The molecule has 16 heavy (non-hydrogen) atoms. The molecule has 0 fully saturated rings. The van der Waals surface area contributed by atoms with E-state index in [1.165, 1.54) is 28.4 Å². The number of aromatic nitrogens is 1. The minimum Gasteiger partial charge on any atom is -0.375 e. The van der Waals surface area contributed by atoms with Crippen molar-refractivity contribution >= 4 is 17.0 Å². The normalized spacial score (nSPS) is 10.5. The molecular formula is C11H9F2N2S. The lowest BCUT2D eigenvalue weighted by atomic mass is 10.1. The van der Waals surface area contributed by atoms with E-state index in [1.54, 1.807) is 19.5 Å². The molecule has 0 saturated carbocycles. The zero-order valence-corrected chi connectivity index (χ0v) is 9.61. The third kappa shape index (κ3) is 1.78. The second-order valence-corrected chi connectivity index (χ2v) is 4.13. The van der Waals surface area contributed by atoms with Crippen molar-refractivity contribution in [3.63, 3.8) is 0 Å². The van der Waals surface area contributed by atoms with Crippen molar-refractivity contribution in [3.8, 4) is 11.3 Å². The third-order valence-electron chi connectivity index (χ3n) is 2.21. The second kappa shape index (κ2) is 4.17. The fourth-order valence-electron chi connectivity index (χ4n) is 1.39. The Kier molecular flexibility index (Phi) is 2.87. The first kappa shape index (κ1) is 11.0. The lowest BCUT2D eigenvalue weighted by molar-refractivity contribution is 0.511. The Morgan fingerprint density at radius 2 is 2.00 bits per heavy atom. The van der Waals surface area contributed by atoms with Gasteiger partial charge < -0.3 is 4.90 Å². The summed E-state index contributed by atoms with van der Waals surface area (Å²) in [4.78, 5) is 5.36. The number of nitrogens with zero attached hydrogens (tertiary/aromatic N) is 2. The van der Waals surface area contributed by atoms with Gasteiger partial charge >= 0.3 is 0 Å². The smallest absolute Gasteiger partial charge is 0.182 e. The molecule has 83 valence electrons. The molecule has 0 atom stereocenters. The number of anilines is 1. The fourth-order valence-corrected chi connectivity index (χ4v) is 1.89. The molecule has 0 aliphatic heterocycles. The van der Waals surface area contributed by atoms with Crippen LogP contribution in [0.25, 0.3) is 11.3 Å². The van der Waals surface area contributed by atoms with Gasteiger partial charge in [0.25, 0.3) is 0 Å². The number of thiazole rings is 1. The molecule has 0 N–H and O–H groups in total. The van der Waals surface area contributed by atoms with Crippen LogP contribution in [-0.2, 0) is 0 Å². The van der Waals surface area contributed by atoms with Gasteiger partial charge in [-0.05, 0) is 12.1 Å². The average Bonchev–Trinajstić information content (AvgIpc) is 2.74. The number of halogens is 2. The van der Waals surface area contributed by atoms with Crippen LogP contribution in [-0.4, -0.2) is 19.1 Å². The van der Waals surface area contributed by atoms with Gasteiger partial charge in [-0.15, -0.1) is 11.3 Å². The van der Waals surface area contributed by atoms with Gasteiger partial charge in [-0.25, -0.2) is 13.8 Å². The van der Waals surface area contributed by atoms with Crippen LogP contribution in [0.3, 0.4) is 0 Å². The van der Waals surface area contributed by atoms with E-state index in [-0.39, 0.29) is 11.3 Å². The van der Waals surface area contributed by atoms with E-state index in [0.717, 1.165) is 0 Å². The summed E-state index contributed by atoms with van der Waals surface area (Å²) in [5.41, 5.74) is 3.40. The van der Waals surface area contributed by atoms with Crippen molar-refractivity contribution in [2.75, 3.05) is 19.0 Å². The van der Waals surface area contributed by atoms with E-state index in [4.69, 9.17) is 0 Å². The Morgan fingerprint density at radius 3 is 2.56 bits per heavy atom. The lowest BCUT2D eigenvalue weighted by Gasteiger charge is -2.14. The van der Waals surface area contributed by atoms with Gasteiger partial charge in [-0.3, -0.25) is 0 Å². The minimum absolute atomic E-state index is 0.167. The molecule has 1 aromatic heterocycles. The quantitative estimate of drug-likeness (QED) is 0.801. The molecule has 2 rings (SSSR count). The van der Waals surface area contributed by atoms with Crippen LogP contribution < -0.4 is 4.90 Å². The van der Waals surface area contributed by atoms with Gasteiger partial charge in [0.15, 0.2) is 17.1 Å². The minimum atomic E-state index is -0.870. The summed E-state index contributed by atoms with van der Waals surface area (Å²) < 4.78 is 27.4. The van der Waals surface area contributed by atoms with Crippen LogP contribution >= 0.6 is 11.3 Å². The van der Waals surface area contributed by atoms with Crippen LogP contribution in [0.2, 0.25) is 0 Å². The Balaban J connectivity index is 2.56. The predicted molar refractivity (Wildman–Crippen MR) is 60.6 cm³/mol. The predicted octanol–water partition coefficient (Wildman–Crippen LogP) is 2.95. The first-order valence-electron chi connectivity index (χ1n) is 4.58. The van der Waals surface area contributed by atoms with Crippen molar-refractivity contribution in [3.05, 3.63) is 34.7 Å². The summed E-state index contributed by atoms with van der Waals surface area (Å²) in [5.74, 6) is -1.72. The summed E-state index contributed by atoms with van der Waals surface area (Å²) in [6.45, 7) is 0. The Morgan fingerprint density at radius 1 is 1.25 bits per heavy atom. The standard InChI is InChI=1S/C11H9F2N2S/c1-15(2)9-4-3-7(10(12)11(9)13)8-5-16-6-14-8/h3-5H,1-2H3. The maximum Gasteiger partial charge on any atom is 0.182 e. The summed E-state index contributed by atoms with van der Waals surface area (Å²) in [6, 6.07) is 3.06. The summed E-state index contributed by atoms with van der Waals surface area (Å²) in [6.07, 6.45) is 0. The molecule has 5 heteroatoms. The Labute approximate surface area is 96.2 Å². The number of benzene rings is 1. The molecule has 0 aliphatic rings. The van der Waals surface area contributed by atoms with Crippen molar-refractivity contribution in [2.45, 2.75) is 0 Å². The topological polar surface area (TPSA) is 16.1 Å². The van der Waals surface area contributed by atoms with Crippen molar-refractivity contribution in [1.82, 2.24) is 4.98 Å². The first-order valence-corrected chi connectivity index (χ1v) is 5.46. The maximum absolute atomic E-state index is 13.7. The zero-order chi connectivity index (χ0) is 11.7. The molecule has 1 radical (unpaired) electrons. The number of hydrogen-bond acceptors (Lipinski definition) is 3. The van der Waals surface area contributed by atoms with Crippen LogP contribution in [0, 0.1) is 17.1 Å². The van der Waals surface area contributed by atoms with Crippen LogP contribution in [0.15, 0.2) is 17.5 Å². The van der Waals surface area contributed by atoms with Crippen LogP contribution in [0.4, 0.5) is 14.5 Å². The average molecular weight is 239 g/mol. The largest absolute Gasteiger partial charge is 0.375 e. The summed E-state index contributed by atoms with van der Waals surface area (Å²) >= 11 is 1.22. The molecule has 0 spiro atoms. The van der Waals surface area contributed by atoms with E-state index < -0.39 is 11.6 Å². The van der Waals surface area contributed by atoms with E-state index in [0.29, 0.717) is 5.69 Å². The third-order valence-corrected chi connectivity index (χ3v) is 2.75. The summed E-state index contributed by atoms with van der Waals surface area (Å²) in [7, 11) is 3.32. The van der Waals surface area contributed by atoms with Crippen molar-refractivity contribution in [1.29, 1.82) is 0 Å². The van der Waals surface area contributed by atoms with Crippen molar-refractivity contribution in [2.24, 2.45) is 0 Å². The van der Waals surface area contributed by atoms with Gasteiger partial charge in [0.05, 0.1) is 11.4 Å². The molecule has 1 heterocycles. The van der Waals surface area contributed by atoms with Gasteiger partial charge in [-0.2, -0.15) is 0 Å². The second-order valence-electron chi connectivity index (χ2n) is 3.48. The highest BCUT2D eigenvalue weighted by Gasteiger charge is 2.16. The summed E-state index contributed by atoms with van der Waals surface area (Å²) in [5, 5.41) is 1.63. The van der Waals surface area contributed by atoms with E-state index in [1.807, 2.05) is 0 Å². The van der Waals surface area contributed by atoms with Crippen LogP contribution in [0.1, 0.15) is 0 Å². The van der Waals surface area contributed by atoms with E-state index in [2.05, 4.69) is 10.5 Å². The molecule has 0 aliphatic carbocycles. The SMILES string of the molecule is CN(C)c1ccc(-c2cs[c]n2)c(F)c1F. The first-order chi connectivity index (χ1) is 7.61. The van der Waals surface area contributed by atoms with Gasteiger partial charge in [0.1, 0.15) is 0 Å². The van der Waals surface area contributed by atoms with Gasteiger partial charge in [0.2, 0.25) is 0 Å². The molecule has 0 amide bonds. The fraction of sp³-hybridized carbons (Fsp3) is 0.182. The number of hydrogen-bond donors (Lipinski definition) is 0.